The molecule has 0 spiro atoms. The number of carbonyl (C=O) groups excluding carboxylic acids is 4. The van der Waals surface area contributed by atoms with Crippen molar-refractivity contribution in [2.45, 2.75) is 65.2 Å². The fraction of sp³-hybridized carbons (Fsp3) is 0.750. The van der Waals surface area contributed by atoms with E-state index in [0.717, 1.165) is 12.8 Å². The molecule has 0 radical (unpaired) electrons. The molecule has 0 saturated heterocycles. The Balaban J connectivity index is 3.43. The third-order valence-electron chi connectivity index (χ3n) is 2.97. The van der Waals surface area contributed by atoms with Crippen LogP contribution in [0.1, 0.15) is 65.2 Å². The second-order valence-electron chi connectivity index (χ2n) is 4.92. The summed E-state index contributed by atoms with van der Waals surface area (Å²) in [6.07, 6.45) is 3.74. The van der Waals surface area contributed by atoms with Gasteiger partial charge in [0.1, 0.15) is 0 Å². The van der Waals surface area contributed by atoms with Crippen molar-refractivity contribution in [3.05, 3.63) is 0 Å². The number of unbranched alkanes of at least 4 members (excludes halogenated alkanes) is 3. The molecule has 0 aliphatic carbocycles. The highest BCUT2D eigenvalue weighted by atomic mass is 16.7. The maximum atomic E-state index is 11.3. The Morgan fingerprint density at radius 3 is 1.21 bits per heavy atom. The second-order valence-corrected chi connectivity index (χ2v) is 4.92. The normalized spacial score (nSPS) is 9.92. The SMILES string of the molecule is CCC(=O)OCOC(=O)CCCCCCC(=O)OCOC(=O)CC. The summed E-state index contributed by atoms with van der Waals surface area (Å²) in [6.45, 7) is 2.61. The zero-order chi connectivity index (χ0) is 18.2. The molecule has 0 aromatic heterocycles. The number of carbonyl (C=O) groups is 4. The van der Waals surface area contributed by atoms with Crippen LogP contribution in [0.15, 0.2) is 0 Å². The summed E-state index contributed by atoms with van der Waals surface area (Å²) < 4.78 is 18.7. The smallest absolute Gasteiger partial charge is 0.308 e. The Labute approximate surface area is 141 Å². The largest absolute Gasteiger partial charge is 0.428 e. The van der Waals surface area contributed by atoms with Crippen LogP contribution >= 0.6 is 0 Å². The maximum absolute atomic E-state index is 11.3. The van der Waals surface area contributed by atoms with Crippen LogP contribution < -0.4 is 0 Å². The number of hydrogen-bond donors (Lipinski definition) is 0. The molecule has 8 nitrogen and oxygen atoms in total. The zero-order valence-electron chi connectivity index (χ0n) is 14.3. The summed E-state index contributed by atoms with van der Waals surface area (Å²) in [6, 6.07) is 0. The predicted molar refractivity (Wildman–Crippen MR) is 82.4 cm³/mol. The Bertz CT molecular complexity index is 367. The molecule has 0 aliphatic heterocycles. The fourth-order valence-electron chi connectivity index (χ4n) is 1.56. The van der Waals surface area contributed by atoms with Gasteiger partial charge in [0, 0.05) is 25.7 Å². The third kappa shape index (κ3) is 13.5. The highest BCUT2D eigenvalue weighted by Gasteiger charge is 2.06. The van der Waals surface area contributed by atoms with Gasteiger partial charge >= 0.3 is 23.9 Å². The number of hydrogen-bond acceptors (Lipinski definition) is 8. The van der Waals surface area contributed by atoms with Crippen LogP contribution in [0.4, 0.5) is 0 Å². The van der Waals surface area contributed by atoms with E-state index >= 15 is 0 Å². The van der Waals surface area contributed by atoms with Crippen LogP contribution in [0.2, 0.25) is 0 Å². The molecule has 0 unspecified atom stereocenters. The van der Waals surface area contributed by atoms with E-state index in [1.165, 1.54) is 0 Å². The van der Waals surface area contributed by atoms with Gasteiger partial charge in [-0.05, 0) is 12.8 Å². The molecule has 0 N–H and O–H groups in total. The average molecular weight is 346 g/mol. The van der Waals surface area contributed by atoms with E-state index in [0.29, 0.717) is 12.8 Å². The minimum Gasteiger partial charge on any atom is -0.428 e. The standard InChI is InChI=1S/C16H26O8/c1-3-13(17)21-11-23-15(19)9-7-5-6-8-10-16(20)24-12-22-14(18)4-2/h3-12H2,1-2H3. The molecular formula is C16H26O8. The molecule has 8 heteroatoms. The van der Waals surface area contributed by atoms with Crippen molar-refractivity contribution in [2.75, 3.05) is 13.6 Å². The molecule has 0 aliphatic rings. The molecule has 0 atom stereocenters. The topological polar surface area (TPSA) is 105 Å². The van der Waals surface area contributed by atoms with Crippen LogP contribution in [-0.2, 0) is 38.1 Å². The summed E-state index contributed by atoms with van der Waals surface area (Å²) in [5.41, 5.74) is 0. The molecule has 0 bridgehead atoms. The highest BCUT2D eigenvalue weighted by molar-refractivity contribution is 5.71. The number of rotatable bonds is 13. The minimum absolute atomic E-state index is 0.237. The van der Waals surface area contributed by atoms with Crippen LogP contribution in [0, 0.1) is 0 Å². The molecule has 0 fully saturated rings. The Morgan fingerprint density at radius 2 is 0.875 bits per heavy atom. The first-order chi connectivity index (χ1) is 11.5. The Kier molecular flexibility index (Phi) is 13.2. The van der Waals surface area contributed by atoms with Crippen LogP contribution in [0.3, 0.4) is 0 Å². The van der Waals surface area contributed by atoms with E-state index in [1.807, 2.05) is 0 Å². The second kappa shape index (κ2) is 14.5. The van der Waals surface area contributed by atoms with Gasteiger partial charge < -0.3 is 18.9 Å². The number of ether oxygens (including phenoxy) is 4. The zero-order valence-corrected chi connectivity index (χ0v) is 14.3. The van der Waals surface area contributed by atoms with Gasteiger partial charge in [-0.3, -0.25) is 19.2 Å². The van der Waals surface area contributed by atoms with Crippen molar-refractivity contribution in [2.24, 2.45) is 0 Å². The van der Waals surface area contributed by atoms with E-state index < -0.39 is 23.9 Å². The van der Waals surface area contributed by atoms with Gasteiger partial charge in [0.15, 0.2) is 0 Å². The summed E-state index contributed by atoms with van der Waals surface area (Å²) >= 11 is 0. The molecule has 0 rings (SSSR count). The van der Waals surface area contributed by atoms with Crippen molar-refractivity contribution < 1.29 is 38.1 Å². The van der Waals surface area contributed by atoms with Crippen LogP contribution in [0.25, 0.3) is 0 Å². The van der Waals surface area contributed by atoms with Gasteiger partial charge in [-0.25, -0.2) is 0 Å². The molecule has 0 saturated carbocycles. The molecule has 0 aromatic rings. The van der Waals surface area contributed by atoms with Gasteiger partial charge in [-0.2, -0.15) is 0 Å². The van der Waals surface area contributed by atoms with E-state index in [4.69, 9.17) is 9.47 Å². The summed E-state index contributed by atoms with van der Waals surface area (Å²) in [4.78, 5) is 44.3. The molecule has 0 amide bonds. The first-order valence-electron chi connectivity index (χ1n) is 8.12. The van der Waals surface area contributed by atoms with Crippen molar-refractivity contribution in [1.82, 2.24) is 0 Å². The Morgan fingerprint density at radius 1 is 0.542 bits per heavy atom. The quantitative estimate of drug-likeness (QED) is 0.284. The minimum atomic E-state index is -0.420. The molecule has 24 heavy (non-hydrogen) atoms. The van der Waals surface area contributed by atoms with E-state index in [-0.39, 0.29) is 39.3 Å². The van der Waals surface area contributed by atoms with Crippen molar-refractivity contribution >= 4 is 23.9 Å². The lowest BCUT2D eigenvalue weighted by atomic mass is 10.1. The van der Waals surface area contributed by atoms with E-state index in [2.05, 4.69) is 9.47 Å². The van der Waals surface area contributed by atoms with Crippen molar-refractivity contribution in [3.63, 3.8) is 0 Å². The van der Waals surface area contributed by atoms with E-state index in [9.17, 15) is 19.2 Å². The summed E-state index contributed by atoms with van der Waals surface area (Å²) in [5.74, 6) is -1.68. The fourth-order valence-corrected chi connectivity index (χ4v) is 1.56. The third-order valence-corrected chi connectivity index (χ3v) is 2.97. The maximum Gasteiger partial charge on any atom is 0.308 e. The average Bonchev–Trinajstić information content (AvgIpc) is 2.57. The Hall–Kier alpha value is -2.12. The first-order valence-corrected chi connectivity index (χ1v) is 8.12. The first kappa shape index (κ1) is 21.9. The lowest BCUT2D eigenvalue weighted by molar-refractivity contribution is -0.169. The number of esters is 4. The van der Waals surface area contributed by atoms with E-state index in [1.54, 1.807) is 13.8 Å². The molecule has 0 heterocycles. The van der Waals surface area contributed by atoms with Crippen molar-refractivity contribution in [1.29, 1.82) is 0 Å². The predicted octanol–water partition coefficient (Wildman–Crippen LogP) is 2.23. The molecule has 0 aromatic carbocycles. The summed E-state index contributed by atoms with van der Waals surface area (Å²) in [7, 11) is 0. The lowest BCUT2D eigenvalue weighted by Gasteiger charge is -2.06. The summed E-state index contributed by atoms with van der Waals surface area (Å²) in [5, 5.41) is 0. The van der Waals surface area contributed by atoms with Crippen molar-refractivity contribution in [3.8, 4) is 0 Å². The van der Waals surface area contributed by atoms with Gasteiger partial charge in [-0.15, -0.1) is 0 Å². The molecular weight excluding hydrogens is 320 g/mol. The van der Waals surface area contributed by atoms with Gasteiger partial charge in [0.25, 0.3) is 0 Å². The molecule has 138 valence electrons. The van der Waals surface area contributed by atoms with Gasteiger partial charge in [0.2, 0.25) is 13.6 Å². The van der Waals surface area contributed by atoms with Crippen LogP contribution in [-0.4, -0.2) is 37.5 Å². The highest BCUT2D eigenvalue weighted by Crippen LogP contribution is 2.07. The lowest BCUT2D eigenvalue weighted by Crippen LogP contribution is -2.12. The van der Waals surface area contributed by atoms with Gasteiger partial charge in [-0.1, -0.05) is 26.7 Å². The van der Waals surface area contributed by atoms with Crippen LogP contribution in [0.5, 0.6) is 0 Å². The monoisotopic (exact) mass is 346 g/mol. The van der Waals surface area contributed by atoms with Gasteiger partial charge in [0.05, 0.1) is 0 Å².